The summed E-state index contributed by atoms with van der Waals surface area (Å²) in [4.78, 5) is 29.8. The minimum Gasteiger partial charge on any atom is -0.494 e. The Hall–Kier alpha value is -3.33. The van der Waals surface area contributed by atoms with Gasteiger partial charge < -0.3 is 14.0 Å². The number of methoxy groups -OCH3 is 1. The second kappa shape index (κ2) is 7.83. The Bertz CT molecular complexity index is 1320. The Labute approximate surface area is 172 Å². The molecule has 0 N–H and O–H groups in total. The molecule has 0 saturated carbocycles. The normalized spacial score (nSPS) is 11.6. The van der Waals surface area contributed by atoms with Crippen LogP contribution in [0.5, 0.6) is 5.75 Å². The van der Waals surface area contributed by atoms with Crippen LogP contribution in [-0.4, -0.2) is 43.4 Å². The molecule has 0 aliphatic carbocycles. The number of fused-ring (bicyclic) bond motifs is 3. The van der Waals surface area contributed by atoms with E-state index in [9.17, 15) is 9.59 Å². The van der Waals surface area contributed by atoms with Gasteiger partial charge in [0.15, 0.2) is 11.2 Å². The molecule has 1 aromatic carbocycles. The van der Waals surface area contributed by atoms with Crippen molar-refractivity contribution in [2.45, 2.75) is 19.9 Å². The number of nitrogens with zero attached hydrogens (tertiary/aromatic N) is 5. The van der Waals surface area contributed by atoms with Crippen molar-refractivity contribution < 1.29 is 9.47 Å². The molecular weight excluding hydrogens is 386 g/mol. The lowest BCUT2D eigenvalue weighted by atomic mass is 10.1. The van der Waals surface area contributed by atoms with Crippen molar-refractivity contribution in [3.8, 4) is 17.0 Å². The minimum atomic E-state index is -0.397. The molecule has 4 aromatic rings. The number of aryl methyl sites for hydroxylation is 2. The largest absolute Gasteiger partial charge is 0.494 e. The Morgan fingerprint density at radius 2 is 1.80 bits per heavy atom. The molecule has 9 heteroatoms. The van der Waals surface area contributed by atoms with E-state index < -0.39 is 5.69 Å². The van der Waals surface area contributed by atoms with Crippen molar-refractivity contribution in [3.63, 3.8) is 0 Å². The summed E-state index contributed by atoms with van der Waals surface area (Å²) in [6, 6.07) is 7.83. The first-order valence-corrected chi connectivity index (χ1v) is 9.87. The van der Waals surface area contributed by atoms with Gasteiger partial charge in [-0.05, 0) is 37.6 Å². The topological polar surface area (TPSA) is 84.7 Å². The van der Waals surface area contributed by atoms with Crippen LogP contribution in [0.15, 0.2) is 40.1 Å². The van der Waals surface area contributed by atoms with Crippen molar-refractivity contribution in [2.75, 3.05) is 20.3 Å². The third kappa shape index (κ3) is 3.11. The van der Waals surface area contributed by atoms with Gasteiger partial charge in [0.05, 0.1) is 12.3 Å². The standard InChI is InChI=1S/C21H25N5O4/c1-5-30-15-9-7-14(8-10-15)16-13-26-17-18(23(2)21(28)24(3)19(17)27)22-20(26)25(16)11-6-12-29-4/h7-10,13H,5-6,11-12H2,1-4H3. The number of hydrogen-bond donors (Lipinski definition) is 0. The van der Waals surface area contributed by atoms with Crippen molar-refractivity contribution in [1.82, 2.24) is 23.1 Å². The lowest BCUT2D eigenvalue weighted by Gasteiger charge is -2.10. The van der Waals surface area contributed by atoms with E-state index in [1.54, 1.807) is 18.6 Å². The average molecular weight is 411 g/mol. The van der Waals surface area contributed by atoms with E-state index in [-0.39, 0.29) is 5.56 Å². The van der Waals surface area contributed by atoms with Crippen LogP contribution in [0.2, 0.25) is 0 Å². The van der Waals surface area contributed by atoms with Gasteiger partial charge in [0.1, 0.15) is 5.75 Å². The molecule has 0 unspecified atom stereocenters. The number of hydrogen-bond acceptors (Lipinski definition) is 5. The van der Waals surface area contributed by atoms with Crippen LogP contribution in [0.1, 0.15) is 13.3 Å². The second-order valence-corrected chi connectivity index (χ2v) is 7.13. The molecule has 9 nitrogen and oxygen atoms in total. The Balaban J connectivity index is 1.96. The van der Waals surface area contributed by atoms with Gasteiger partial charge in [-0.15, -0.1) is 0 Å². The molecule has 0 bridgehead atoms. The molecule has 0 aliphatic rings. The van der Waals surface area contributed by atoms with Crippen molar-refractivity contribution in [1.29, 1.82) is 0 Å². The van der Waals surface area contributed by atoms with Crippen LogP contribution in [0.25, 0.3) is 28.2 Å². The Morgan fingerprint density at radius 1 is 1.07 bits per heavy atom. The molecule has 0 atom stereocenters. The van der Waals surface area contributed by atoms with Gasteiger partial charge in [-0.1, -0.05) is 0 Å². The molecule has 4 rings (SSSR count). The fourth-order valence-electron chi connectivity index (χ4n) is 3.72. The van der Waals surface area contributed by atoms with Gasteiger partial charge in [-0.3, -0.25) is 18.3 Å². The van der Waals surface area contributed by atoms with Crippen molar-refractivity contribution >= 4 is 16.9 Å². The molecule has 3 aromatic heterocycles. The summed E-state index contributed by atoms with van der Waals surface area (Å²) in [5.74, 6) is 1.42. The van der Waals surface area contributed by atoms with E-state index in [0.717, 1.165) is 28.0 Å². The summed E-state index contributed by atoms with van der Waals surface area (Å²) in [6.45, 7) is 3.81. The first-order valence-electron chi connectivity index (χ1n) is 9.87. The molecule has 0 amide bonds. The van der Waals surface area contributed by atoms with Crippen LogP contribution >= 0.6 is 0 Å². The highest BCUT2D eigenvalue weighted by atomic mass is 16.5. The number of ether oxygens (including phenoxy) is 2. The van der Waals surface area contributed by atoms with Crippen LogP contribution in [0.3, 0.4) is 0 Å². The predicted octanol–water partition coefficient (Wildman–Crippen LogP) is 1.79. The number of aromatic nitrogens is 5. The Kier molecular flexibility index (Phi) is 5.21. The zero-order valence-corrected chi connectivity index (χ0v) is 17.6. The second-order valence-electron chi connectivity index (χ2n) is 7.13. The van der Waals surface area contributed by atoms with E-state index in [1.807, 2.05) is 37.4 Å². The molecule has 0 fully saturated rings. The van der Waals surface area contributed by atoms with E-state index in [4.69, 9.17) is 9.47 Å². The average Bonchev–Trinajstić information content (AvgIpc) is 3.28. The van der Waals surface area contributed by atoms with Crippen molar-refractivity contribution in [3.05, 3.63) is 51.3 Å². The summed E-state index contributed by atoms with van der Waals surface area (Å²) in [6.07, 6.45) is 2.68. The van der Waals surface area contributed by atoms with E-state index in [2.05, 4.69) is 9.55 Å². The van der Waals surface area contributed by atoms with Gasteiger partial charge in [0.2, 0.25) is 5.78 Å². The lowest BCUT2D eigenvalue weighted by molar-refractivity contribution is 0.191. The number of benzene rings is 1. The molecule has 30 heavy (non-hydrogen) atoms. The molecular formula is C21H25N5O4. The fourth-order valence-corrected chi connectivity index (χ4v) is 3.72. The SMILES string of the molecule is CCOc1ccc(-c2cn3c4c(=O)n(C)c(=O)n(C)c4nc3n2CCCOC)cc1. The van der Waals surface area contributed by atoms with Gasteiger partial charge >= 0.3 is 5.69 Å². The summed E-state index contributed by atoms with van der Waals surface area (Å²) >= 11 is 0. The van der Waals surface area contributed by atoms with E-state index >= 15 is 0 Å². The summed E-state index contributed by atoms with van der Waals surface area (Å²) in [5, 5.41) is 0. The highest BCUT2D eigenvalue weighted by Gasteiger charge is 2.20. The molecule has 0 saturated heterocycles. The van der Waals surface area contributed by atoms with Gasteiger partial charge in [-0.25, -0.2) is 4.79 Å². The van der Waals surface area contributed by atoms with Crippen LogP contribution in [0, 0.1) is 0 Å². The number of imidazole rings is 2. The minimum absolute atomic E-state index is 0.368. The molecule has 158 valence electrons. The smallest absolute Gasteiger partial charge is 0.332 e. The molecule has 0 spiro atoms. The summed E-state index contributed by atoms with van der Waals surface area (Å²) < 4.78 is 17.1. The van der Waals surface area contributed by atoms with E-state index in [0.29, 0.717) is 36.7 Å². The van der Waals surface area contributed by atoms with Crippen LogP contribution in [0.4, 0.5) is 0 Å². The lowest BCUT2D eigenvalue weighted by Crippen LogP contribution is -2.37. The Morgan fingerprint density at radius 3 is 2.47 bits per heavy atom. The van der Waals surface area contributed by atoms with E-state index in [1.165, 1.54) is 11.6 Å². The molecule has 0 radical (unpaired) electrons. The molecule has 3 heterocycles. The third-order valence-electron chi connectivity index (χ3n) is 5.25. The first-order chi connectivity index (χ1) is 14.5. The fraction of sp³-hybridized carbons (Fsp3) is 0.381. The van der Waals surface area contributed by atoms with Gasteiger partial charge in [0.25, 0.3) is 5.56 Å². The zero-order valence-electron chi connectivity index (χ0n) is 17.6. The number of rotatable bonds is 7. The van der Waals surface area contributed by atoms with Gasteiger partial charge in [-0.2, -0.15) is 4.98 Å². The maximum atomic E-state index is 12.9. The van der Waals surface area contributed by atoms with Crippen LogP contribution < -0.4 is 16.0 Å². The maximum absolute atomic E-state index is 12.9. The zero-order chi connectivity index (χ0) is 21.4. The molecule has 0 aliphatic heterocycles. The monoisotopic (exact) mass is 411 g/mol. The van der Waals surface area contributed by atoms with Crippen molar-refractivity contribution in [2.24, 2.45) is 14.1 Å². The highest BCUT2D eigenvalue weighted by molar-refractivity contribution is 5.78. The highest BCUT2D eigenvalue weighted by Crippen LogP contribution is 2.27. The van der Waals surface area contributed by atoms with Crippen LogP contribution in [-0.2, 0) is 25.4 Å². The third-order valence-corrected chi connectivity index (χ3v) is 5.25. The summed E-state index contributed by atoms with van der Waals surface area (Å²) in [7, 11) is 4.77. The van der Waals surface area contributed by atoms with Gasteiger partial charge in [0, 0.05) is 46.1 Å². The first kappa shape index (κ1) is 20.0. The predicted molar refractivity (Wildman–Crippen MR) is 114 cm³/mol. The maximum Gasteiger partial charge on any atom is 0.332 e. The summed E-state index contributed by atoms with van der Waals surface area (Å²) in [5.41, 5.74) is 1.90. The quantitative estimate of drug-likeness (QED) is 0.433.